The number of sulfonamides is 1. The maximum absolute atomic E-state index is 12.9. The monoisotopic (exact) mass is 484 g/mol. The van der Waals surface area contributed by atoms with Crippen LogP contribution >= 0.6 is 0 Å². The molecule has 2 N–H and O–H groups in total. The van der Waals surface area contributed by atoms with E-state index in [2.05, 4.69) is 21.5 Å². The highest BCUT2D eigenvalue weighted by Gasteiger charge is 2.31. The first kappa shape index (κ1) is 23.9. The molecule has 4 rings (SSSR count). The van der Waals surface area contributed by atoms with Crippen molar-refractivity contribution >= 4 is 32.4 Å². The summed E-state index contributed by atoms with van der Waals surface area (Å²) in [7, 11) is -2.11. The molecule has 3 aromatic rings. The first-order chi connectivity index (χ1) is 16.0. The number of ether oxygens (including phenoxy) is 1. The topological polar surface area (TPSA) is 133 Å². The average Bonchev–Trinajstić information content (AvgIpc) is 3.17. The zero-order chi connectivity index (χ0) is 24.7. The second kappa shape index (κ2) is 8.87. The fourth-order valence-electron chi connectivity index (χ4n) is 3.92. The van der Waals surface area contributed by atoms with E-state index in [0.717, 1.165) is 0 Å². The molecule has 0 saturated carbocycles. The molecule has 1 fully saturated rings. The van der Waals surface area contributed by atoms with Gasteiger partial charge in [-0.3, -0.25) is 9.48 Å². The summed E-state index contributed by atoms with van der Waals surface area (Å²) in [6.45, 7) is 6.32. The Hall–Kier alpha value is -3.20. The largest absolute Gasteiger partial charge is 0.379 e. The number of fused-ring (bicyclic) bond motifs is 1. The lowest BCUT2D eigenvalue weighted by atomic mass is 9.96. The summed E-state index contributed by atoms with van der Waals surface area (Å²) in [6.07, 6.45) is 2.14. The van der Waals surface area contributed by atoms with Crippen LogP contribution in [0.5, 0.6) is 0 Å². The van der Waals surface area contributed by atoms with Crippen LogP contribution in [0.4, 0.5) is 11.5 Å². The highest BCUT2D eigenvalue weighted by Crippen LogP contribution is 2.32. The van der Waals surface area contributed by atoms with E-state index in [1.54, 1.807) is 36.1 Å². The summed E-state index contributed by atoms with van der Waals surface area (Å²) in [5.74, 6) is 0.0369. The molecule has 11 heteroatoms. The smallest absolute Gasteiger partial charge is 0.261 e. The highest BCUT2D eigenvalue weighted by molar-refractivity contribution is 7.89. The molecule has 10 nitrogen and oxygen atoms in total. The van der Waals surface area contributed by atoms with Gasteiger partial charge in [0.2, 0.25) is 10.0 Å². The van der Waals surface area contributed by atoms with Gasteiger partial charge in [0.1, 0.15) is 5.39 Å². The van der Waals surface area contributed by atoms with Crippen molar-refractivity contribution in [2.75, 3.05) is 25.6 Å². The Morgan fingerprint density at radius 2 is 1.97 bits per heavy atom. The number of nitriles is 1. The van der Waals surface area contributed by atoms with Gasteiger partial charge in [0.25, 0.3) is 5.56 Å². The Bertz CT molecular complexity index is 1400. The van der Waals surface area contributed by atoms with E-state index in [4.69, 9.17) is 4.74 Å². The number of aromatic amines is 1. The van der Waals surface area contributed by atoms with Crippen molar-refractivity contribution in [1.29, 1.82) is 5.26 Å². The molecule has 1 aliphatic heterocycles. The molecule has 1 aromatic carbocycles. The van der Waals surface area contributed by atoms with Crippen LogP contribution in [-0.2, 0) is 14.8 Å². The third-order valence-electron chi connectivity index (χ3n) is 6.16. The predicted molar refractivity (Wildman–Crippen MR) is 128 cm³/mol. The van der Waals surface area contributed by atoms with Gasteiger partial charge in [0.15, 0.2) is 5.82 Å². The molecule has 1 unspecified atom stereocenters. The molecule has 0 aliphatic carbocycles. The van der Waals surface area contributed by atoms with Gasteiger partial charge in [-0.05, 0) is 57.5 Å². The lowest BCUT2D eigenvalue weighted by Crippen LogP contribution is -2.42. The summed E-state index contributed by atoms with van der Waals surface area (Å²) < 4.78 is 34.4. The fourth-order valence-corrected chi connectivity index (χ4v) is 5.44. The summed E-state index contributed by atoms with van der Waals surface area (Å²) in [6, 6.07) is 10.0. The zero-order valence-electron chi connectivity index (χ0n) is 19.6. The molecule has 0 radical (unpaired) electrons. The quantitative estimate of drug-likeness (QED) is 0.569. The zero-order valence-corrected chi connectivity index (χ0v) is 20.4. The number of nitrogens with zero attached hydrogens (tertiary/aromatic N) is 4. The summed E-state index contributed by atoms with van der Waals surface area (Å²) in [5, 5.41) is 17.7. The minimum Gasteiger partial charge on any atom is -0.379 e. The molecule has 0 bridgehead atoms. The van der Waals surface area contributed by atoms with Gasteiger partial charge in [0, 0.05) is 31.1 Å². The normalized spacial score (nSPS) is 19.3. The SMILES string of the molecule is CN(C(C)(C)C)S(=O)(=O)c1ccc(Nc2nn([C@H]3COCCC3C#N)c3cc[nH]c(=O)c23)cc1. The molecular weight excluding hydrogens is 456 g/mol. The number of aromatic nitrogens is 3. The Kier molecular flexibility index (Phi) is 6.24. The molecule has 2 atom stereocenters. The minimum atomic E-state index is -3.66. The van der Waals surface area contributed by atoms with Crippen molar-refractivity contribution in [3.8, 4) is 6.07 Å². The van der Waals surface area contributed by atoms with Crippen molar-refractivity contribution in [2.24, 2.45) is 5.92 Å². The van der Waals surface area contributed by atoms with Crippen LogP contribution in [0.15, 0.2) is 46.2 Å². The highest BCUT2D eigenvalue weighted by atomic mass is 32.2. The van der Waals surface area contributed by atoms with Crippen molar-refractivity contribution in [3.05, 3.63) is 46.9 Å². The number of H-pyrrole nitrogens is 1. The van der Waals surface area contributed by atoms with Crippen molar-refractivity contribution in [2.45, 2.75) is 43.7 Å². The molecule has 3 heterocycles. The predicted octanol–water partition coefficient (Wildman–Crippen LogP) is 2.99. The van der Waals surface area contributed by atoms with E-state index in [1.165, 1.54) is 16.4 Å². The number of pyridine rings is 1. The molecular formula is C23H28N6O4S. The fraction of sp³-hybridized carbons (Fsp3) is 0.435. The number of benzene rings is 1. The van der Waals surface area contributed by atoms with E-state index in [1.807, 2.05) is 20.8 Å². The third kappa shape index (κ3) is 4.32. The van der Waals surface area contributed by atoms with Gasteiger partial charge in [-0.15, -0.1) is 0 Å². The van der Waals surface area contributed by atoms with Gasteiger partial charge in [0.05, 0.1) is 35.0 Å². The van der Waals surface area contributed by atoms with Gasteiger partial charge in [-0.25, -0.2) is 8.42 Å². The lowest BCUT2D eigenvalue weighted by molar-refractivity contribution is 0.0359. The van der Waals surface area contributed by atoms with Gasteiger partial charge >= 0.3 is 0 Å². The Labute approximate surface area is 198 Å². The summed E-state index contributed by atoms with van der Waals surface area (Å²) in [4.78, 5) is 15.5. The summed E-state index contributed by atoms with van der Waals surface area (Å²) >= 11 is 0. The van der Waals surface area contributed by atoms with Crippen LogP contribution in [-0.4, -0.2) is 53.3 Å². The minimum absolute atomic E-state index is 0.167. The number of anilines is 2. The maximum Gasteiger partial charge on any atom is 0.261 e. The molecule has 2 aromatic heterocycles. The van der Waals surface area contributed by atoms with E-state index in [0.29, 0.717) is 42.0 Å². The van der Waals surface area contributed by atoms with Crippen LogP contribution in [0, 0.1) is 17.2 Å². The molecule has 1 saturated heterocycles. The second-order valence-corrected chi connectivity index (χ2v) is 11.3. The van der Waals surface area contributed by atoms with E-state index >= 15 is 0 Å². The van der Waals surface area contributed by atoms with Crippen molar-refractivity contribution in [3.63, 3.8) is 0 Å². The van der Waals surface area contributed by atoms with Crippen LogP contribution in [0.2, 0.25) is 0 Å². The van der Waals surface area contributed by atoms with Crippen molar-refractivity contribution in [1.82, 2.24) is 19.1 Å². The molecule has 1 aliphatic rings. The van der Waals surface area contributed by atoms with Crippen LogP contribution in [0.25, 0.3) is 10.9 Å². The lowest BCUT2D eigenvalue weighted by Gasteiger charge is -2.30. The number of nitrogens with one attached hydrogen (secondary N) is 2. The summed E-state index contributed by atoms with van der Waals surface area (Å²) in [5.41, 5.74) is 0.284. The third-order valence-corrected chi connectivity index (χ3v) is 8.29. The molecule has 0 spiro atoms. The molecule has 180 valence electrons. The Morgan fingerprint density at radius 3 is 2.62 bits per heavy atom. The van der Waals surface area contributed by atoms with Gasteiger partial charge < -0.3 is 15.0 Å². The number of hydrogen-bond acceptors (Lipinski definition) is 7. The first-order valence-corrected chi connectivity index (χ1v) is 12.4. The van der Waals surface area contributed by atoms with Crippen LogP contribution in [0.3, 0.4) is 0 Å². The number of hydrogen-bond donors (Lipinski definition) is 2. The van der Waals surface area contributed by atoms with Gasteiger partial charge in [-0.1, -0.05) is 0 Å². The van der Waals surface area contributed by atoms with Crippen molar-refractivity contribution < 1.29 is 13.2 Å². The molecule has 0 amide bonds. The number of rotatable bonds is 5. The van der Waals surface area contributed by atoms with Gasteiger partial charge in [-0.2, -0.15) is 14.7 Å². The Balaban J connectivity index is 1.69. The van der Waals surface area contributed by atoms with E-state index in [-0.39, 0.29) is 22.4 Å². The van der Waals surface area contributed by atoms with Crippen LogP contribution in [0.1, 0.15) is 33.2 Å². The average molecular weight is 485 g/mol. The van der Waals surface area contributed by atoms with E-state index in [9.17, 15) is 18.5 Å². The second-order valence-electron chi connectivity index (χ2n) is 9.32. The Morgan fingerprint density at radius 1 is 1.26 bits per heavy atom. The maximum atomic E-state index is 12.9. The van der Waals surface area contributed by atoms with Crippen LogP contribution < -0.4 is 10.9 Å². The molecule has 34 heavy (non-hydrogen) atoms. The standard InChI is InChI=1S/C23H28N6O4S/c1-23(2,3)28(4)34(31,32)17-7-5-16(6-8-17)26-21-20-18(9-11-25-22(20)30)29(27-21)19-14-33-12-10-15(19)13-24/h5-9,11,15,19H,10,12,14H2,1-4H3,(H,25,30)(H,26,27)/t15?,19-/m0/s1. The first-order valence-electron chi connectivity index (χ1n) is 11.0. The van der Waals surface area contributed by atoms with E-state index < -0.39 is 15.6 Å².